The Morgan fingerprint density at radius 2 is 1.91 bits per heavy atom. The van der Waals surface area contributed by atoms with Crippen LogP contribution in [-0.2, 0) is 0 Å². The average molecular weight is 314 g/mol. The summed E-state index contributed by atoms with van der Waals surface area (Å²) in [6.45, 7) is 7.99. The number of carbonyl (C=O) groups is 1. The normalized spacial score (nSPS) is 15.7. The SMILES string of the molecule is Cc1cc(C(=O)Nc2ccc(N3CCN(C)CC3)cc2C)on1. The number of rotatable bonds is 3. The Kier molecular flexibility index (Phi) is 4.34. The minimum atomic E-state index is -0.277. The van der Waals surface area contributed by atoms with Gasteiger partial charge in [0.25, 0.3) is 5.91 Å². The van der Waals surface area contributed by atoms with Crippen molar-refractivity contribution >= 4 is 17.3 Å². The number of benzene rings is 1. The fraction of sp³-hybridized carbons (Fsp3) is 0.412. The van der Waals surface area contributed by atoms with E-state index in [0.29, 0.717) is 5.69 Å². The quantitative estimate of drug-likeness (QED) is 0.942. The molecule has 3 rings (SSSR count). The molecule has 1 aliphatic heterocycles. The number of amides is 1. The van der Waals surface area contributed by atoms with Gasteiger partial charge in [0.05, 0.1) is 5.69 Å². The zero-order chi connectivity index (χ0) is 16.4. The number of aromatic nitrogens is 1. The van der Waals surface area contributed by atoms with Crippen LogP contribution >= 0.6 is 0 Å². The number of likely N-dealkylation sites (N-methyl/N-ethyl adjacent to an activating group) is 1. The second-order valence-corrected chi connectivity index (χ2v) is 6.08. The highest BCUT2D eigenvalue weighted by molar-refractivity contribution is 6.02. The van der Waals surface area contributed by atoms with E-state index in [1.54, 1.807) is 13.0 Å². The molecule has 0 spiro atoms. The van der Waals surface area contributed by atoms with Gasteiger partial charge in [-0.2, -0.15) is 0 Å². The second-order valence-electron chi connectivity index (χ2n) is 6.08. The van der Waals surface area contributed by atoms with Crippen LogP contribution in [0, 0.1) is 13.8 Å². The summed E-state index contributed by atoms with van der Waals surface area (Å²) in [6, 6.07) is 7.75. The van der Waals surface area contributed by atoms with Crippen molar-refractivity contribution in [2.45, 2.75) is 13.8 Å². The maximum absolute atomic E-state index is 12.1. The third kappa shape index (κ3) is 3.53. The van der Waals surface area contributed by atoms with Crippen LogP contribution in [0.2, 0.25) is 0 Å². The first kappa shape index (κ1) is 15.6. The molecule has 2 heterocycles. The van der Waals surface area contributed by atoms with Crippen LogP contribution in [0.4, 0.5) is 11.4 Å². The molecule has 2 aromatic rings. The molecule has 1 amide bonds. The van der Waals surface area contributed by atoms with Gasteiger partial charge < -0.3 is 19.6 Å². The molecule has 6 heteroatoms. The third-order valence-corrected chi connectivity index (χ3v) is 4.18. The highest BCUT2D eigenvalue weighted by Gasteiger charge is 2.16. The van der Waals surface area contributed by atoms with Gasteiger partial charge in [0.15, 0.2) is 0 Å². The number of piperazine rings is 1. The molecule has 1 N–H and O–H groups in total. The molecular formula is C17H22N4O2. The van der Waals surface area contributed by atoms with Gasteiger partial charge in [0.1, 0.15) is 0 Å². The molecule has 1 aromatic carbocycles. The van der Waals surface area contributed by atoms with Gasteiger partial charge in [0.2, 0.25) is 5.76 Å². The van der Waals surface area contributed by atoms with Crippen molar-refractivity contribution in [1.29, 1.82) is 0 Å². The Labute approximate surface area is 136 Å². The Morgan fingerprint density at radius 1 is 1.17 bits per heavy atom. The van der Waals surface area contributed by atoms with Gasteiger partial charge in [0, 0.05) is 43.6 Å². The zero-order valence-corrected chi connectivity index (χ0v) is 13.8. The fourth-order valence-electron chi connectivity index (χ4n) is 2.70. The number of aryl methyl sites for hydroxylation is 2. The molecule has 0 aliphatic carbocycles. The Morgan fingerprint density at radius 3 is 2.52 bits per heavy atom. The van der Waals surface area contributed by atoms with E-state index in [-0.39, 0.29) is 11.7 Å². The van der Waals surface area contributed by atoms with Crippen LogP contribution in [0.25, 0.3) is 0 Å². The molecule has 1 saturated heterocycles. The van der Waals surface area contributed by atoms with Crippen LogP contribution in [0.1, 0.15) is 21.8 Å². The number of nitrogens with one attached hydrogen (secondary N) is 1. The van der Waals surface area contributed by atoms with E-state index < -0.39 is 0 Å². The molecule has 0 saturated carbocycles. The Bertz CT molecular complexity index is 702. The molecule has 122 valence electrons. The average Bonchev–Trinajstić information content (AvgIpc) is 2.97. The number of hydrogen-bond acceptors (Lipinski definition) is 5. The monoisotopic (exact) mass is 314 g/mol. The van der Waals surface area contributed by atoms with Gasteiger partial charge in [-0.25, -0.2) is 0 Å². The lowest BCUT2D eigenvalue weighted by molar-refractivity contribution is 0.0988. The lowest BCUT2D eigenvalue weighted by atomic mass is 10.1. The van der Waals surface area contributed by atoms with E-state index in [2.05, 4.69) is 39.5 Å². The van der Waals surface area contributed by atoms with Crippen molar-refractivity contribution in [1.82, 2.24) is 10.1 Å². The van der Waals surface area contributed by atoms with E-state index in [0.717, 1.165) is 37.4 Å². The summed E-state index contributed by atoms with van der Waals surface area (Å²) in [6.07, 6.45) is 0. The Balaban J connectivity index is 1.71. The topological polar surface area (TPSA) is 61.6 Å². The first-order valence-electron chi connectivity index (χ1n) is 7.82. The fourth-order valence-corrected chi connectivity index (χ4v) is 2.70. The summed E-state index contributed by atoms with van der Waals surface area (Å²) < 4.78 is 4.99. The maximum atomic E-state index is 12.1. The van der Waals surface area contributed by atoms with Crippen LogP contribution < -0.4 is 10.2 Å². The first-order valence-corrected chi connectivity index (χ1v) is 7.82. The zero-order valence-electron chi connectivity index (χ0n) is 13.8. The maximum Gasteiger partial charge on any atom is 0.294 e. The molecule has 0 unspecified atom stereocenters. The number of nitrogens with zero attached hydrogens (tertiary/aromatic N) is 3. The van der Waals surface area contributed by atoms with Crippen LogP contribution in [0.5, 0.6) is 0 Å². The first-order chi connectivity index (χ1) is 11.0. The molecule has 0 radical (unpaired) electrons. The summed E-state index contributed by atoms with van der Waals surface area (Å²) in [7, 11) is 2.15. The van der Waals surface area contributed by atoms with E-state index in [1.807, 2.05) is 13.0 Å². The van der Waals surface area contributed by atoms with Crippen molar-refractivity contribution in [3.05, 3.63) is 41.3 Å². The third-order valence-electron chi connectivity index (χ3n) is 4.18. The molecule has 0 bridgehead atoms. The molecule has 0 atom stereocenters. The molecule has 1 fully saturated rings. The predicted molar refractivity (Wildman–Crippen MR) is 90.1 cm³/mol. The van der Waals surface area contributed by atoms with Gasteiger partial charge in [-0.3, -0.25) is 4.79 Å². The van der Waals surface area contributed by atoms with E-state index in [9.17, 15) is 4.79 Å². The van der Waals surface area contributed by atoms with Crippen molar-refractivity contribution in [2.24, 2.45) is 0 Å². The number of hydrogen-bond donors (Lipinski definition) is 1. The largest absolute Gasteiger partial charge is 0.369 e. The lowest BCUT2D eigenvalue weighted by Crippen LogP contribution is -2.44. The summed E-state index contributed by atoms with van der Waals surface area (Å²) in [4.78, 5) is 16.8. The molecule has 6 nitrogen and oxygen atoms in total. The summed E-state index contributed by atoms with van der Waals surface area (Å²) in [5.74, 6) is -0.0499. The van der Waals surface area contributed by atoms with Gasteiger partial charge >= 0.3 is 0 Å². The van der Waals surface area contributed by atoms with Crippen molar-refractivity contribution in [3.8, 4) is 0 Å². The Hall–Kier alpha value is -2.34. The number of anilines is 2. The summed E-state index contributed by atoms with van der Waals surface area (Å²) in [5, 5.41) is 6.61. The van der Waals surface area contributed by atoms with Gasteiger partial charge in [-0.05, 0) is 44.7 Å². The molecule has 1 aliphatic rings. The highest BCUT2D eigenvalue weighted by atomic mass is 16.5. The van der Waals surface area contributed by atoms with Gasteiger partial charge in [-0.15, -0.1) is 0 Å². The minimum Gasteiger partial charge on any atom is -0.369 e. The van der Waals surface area contributed by atoms with Crippen LogP contribution in [0.15, 0.2) is 28.8 Å². The van der Waals surface area contributed by atoms with Crippen LogP contribution in [0.3, 0.4) is 0 Å². The van der Waals surface area contributed by atoms with Crippen molar-refractivity contribution in [2.75, 3.05) is 43.4 Å². The van der Waals surface area contributed by atoms with E-state index >= 15 is 0 Å². The van der Waals surface area contributed by atoms with Gasteiger partial charge in [-0.1, -0.05) is 5.16 Å². The van der Waals surface area contributed by atoms with Crippen molar-refractivity contribution < 1.29 is 9.32 Å². The second kappa shape index (κ2) is 6.42. The lowest BCUT2D eigenvalue weighted by Gasteiger charge is -2.34. The van der Waals surface area contributed by atoms with E-state index in [1.165, 1.54) is 5.69 Å². The molecule has 23 heavy (non-hydrogen) atoms. The molecular weight excluding hydrogens is 292 g/mol. The predicted octanol–water partition coefficient (Wildman–Crippen LogP) is 2.30. The molecule has 1 aromatic heterocycles. The summed E-state index contributed by atoms with van der Waals surface area (Å²) in [5.41, 5.74) is 3.72. The van der Waals surface area contributed by atoms with E-state index in [4.69, 9.17) is 4.52 Å². The van der Waals surface area contributed by atoms with Crippen molar-refractivity contribution in [3.63, 3.8) is 0 Å². The summed E-state index contributed by atoms with van der Waals surface area (Å²) >= 11 is 0. The van der Waals surface area contributed by atoms with Crippen LogP contribution in [-0.4, -0.2) is 49.2 Å². The standard InChI is InChI=1S/C17H22N4O2/c1-12-10-14(21-8-6-20(3)7-9-21)4-5-15(12)18-17(22)16-11-13(2)19-23-16/h4-5,10-11H,6-9H2,1-3H3,(H,18,22). The highest BCUT2D eigenvalue weighted by Crippen LogP contribution is 2.24. The number of carbonyl (C=O) groups excluding carboxylic acids is 1. The minimum absolute atomic E-state index is 0.227. The smallest absolute Gasteiger partial charge is 0.294 e.